The van der Waals surface area contributed by atoms with Crippen LogP contribution in [0.5, 0.6) is 11.5 Å². The van der Waals surface area contributed by atoms with E-state index in [1.54, 1.807) is 26.4 Å². The largest absolute Gasteiger partial charge is 1.00 e. The predicted octanol–water partition coefficient (Wildman–Crippen LogP) is -2.79. The first-order valence-electron chi connectivity index (χ1n) is 5.26. The summed E-state index contributed by atoms with van der Waals surface area (Å²) in [5, 5.41) is 0. The second kappa shape index (κ2) is 7.79. The number of hydrogen-bond donors (Lipinski definition) is 1. The Kier molecular flexibility index (Phi) is 7.16. The molecule has 0 amide bonds. The van der Waals surface area contributed by atoms with Gasteiger partial charge < -0.3 is 32.4 Å². The molecule has 0 aromatic heterocycles. The van der Waals surface area contributed by atoms with Crippen molar-refractivity contribution in [3.05, 3.63) is 23.8 Å². The molecule has 0 saturated carbocycles. The number of ether oxygens (including phenoxy) is 3. The fraction of sp³-hybridized carbons (Fsp3) is 0.417. The van der Waals surface area contributed by atoms with Gasteiger partial charge in [0.2, 0.25) is 0 Å². The molecule has 0 saturated heterocycles. The number of hydrogen-bond acceptors (Lipinski definition) is 4. The zero-order valence-corrected chi connectivity index (χ0v) is 11.5. The standard InChI is InChI=1S/C12H17NO4.ClH/c1-15-10-5-4-8(6-11(10)16-2)9(7-13)12(14)17-3;/h4-6,9H,7,13H2,1-3H3;1H. The minimum absolute atomic E-state index is 0. The fourth-order valence-electron chi connectivity index (χ4n) is 1.63. The molecule has 0 radical (unpaired) electrons. The lowest BCUT2D eigenvalue weighted by molar-refractivity contribution is -0.370. The number of carbonyl (C=O) groups excluding carboxylic acids is 1. The van der Waals surface area contributed by atoms with Gasteiger partial charge in [-0.1, -0.05) is 6.07 Å². The SMILES string of the molecule is COC(=O)C(C[NH3+])c1ccc(OC)c(OC)c1.[Cl-]. The maximum Gasteiger partial charge on any atom is 0.318 e. The van der Waals surface area contributed by atoms with Crippen molar-refractivity contribution in [2.45, 2.75) is 5.92 Å². The molecule has 0 aliphatic heterocycles. The van der Waals surface area contributed by atoms with Gasteiger partial charge in [-0.05, 0) is 17.7 Å². The van der Waals surface area contributed by atoms with Crippen molar-refractivity contribution in [1.82, 2.24) is 0 Å². The minimum atomic E-state index is -0.375. The lowest BCUT2D eigenvalue weighted by Crippen LogP contribution is -3.00. The number of quaternary nitrogens is 1. The van der Waals surface area contributed by atoms with Gasteiger partial charge in [-0.2, -0.15) is 0 Å². The summed E-state index contributed by atoms with van der Waals surface area (Å²) < 4.78 is 15.1. The lowest BCUT2D eigenvalue weighted by atomic mass is 9.99. The van der Waals surface area contributed by atoms with E-state index in [4.69, 9.17) is 14.2 Å². The van der Waals surface area contributed by atoms with Crippen LogP contribution in [0.3, 0.4) is 0 Å². The molecule has 18 heavy (non-hydrogen) atoms. The van der Waals surface area contributed by atoms with Gasteiger partial charge in [0.25, 0.3) is 0 Å². The van der Waals surface area contributed by atoms with Crippen LogP contribution >= 0.6 is 0 Å². The smallest absolute Gasteiger partial charge is 0.318 e. The summed E-state index contributed by atoms with van der Waals surface area (Å²) in [6, 6.07) is 5.35. The number of esters is 1. The third-order valence-corrected chi connectivity index (χ3v) is 2.58. The number of carbonyl (C=O) groups is 1. The summed E-state index contributed by atoms with van der Waals surface area (Å²) in [5.41, 5.74) is 4.57. The van der Waals surface area contributed by atoms with Gasteiger partial charge >= 0.3 is 5.97 Å². The van der Waals surface area contributed by atoms with Crippen molar-refractivity contribution >= 4 is 5.97 Å². The third kappa shape index (κ3) is 3.51. The minimum Gasteiger partial charge on any atom is -1.00 e. The van der Waals surface area contributed by atoms with Crippen LogP contribution < -0.4 is 27.6 Å². The first-order chi connectivity index (χ1) is 8.17. The molecular weight excluding hydrogens is 258 g/mol. The number of methoxy groups -OCH3 is 3. The molecule has 0 aliphatic rings. The molecular formula is C12H18ClNO4. The van der Waals surface area contributed by atoms with Crippen molar-refractivity contribution in [3.63, 3.8) is 0 Å². The predicted molar refractivity (Wildman–Crippen MR) is 62.1 cm³/mol. The van der Waals surface area contributed by atoms with E-state index >= 15 is 0 Å². The van der Waals surface area contributed by atoms with Gasteiger partial charge in [0.1, 0.15) is 5.92 Å². The van der Waals surface area contributed by atoms with Gasteiger partial charge in [0.15, 0.2) is 11.5 Å². The molecule has 6 heteroatoms. The summed E-state index contributed by atoms with van der Waals surface area (Å²) in [6.07, 6.45) is 0. The van der Waals surface area contributed by atoms with Crippen LogP contribution in [0.1, 0.15) is 11.5 Å². The topological polar surface area (TPSA) is 72.4 Å². The van der Waals surface area contributed by atoms with E-state index in [2.05, 4.69) is 5.73 Å². The highest BCUT2D eigenvalue weighted by molar-refractivity contribution is 5.78. The summed E-state index contributed by atoms with van der Waals surface area (Å²) in [4.78, 5) is 11.6. The first-order valence-corrected chi connectivity index (χ1v) is 5.26. The van der Waals surface area contributed by atoms with Crippen LogP contribution in [0.25, 0.3) is 0 Å². The van der Waals surface area contributed by atoms with Crippen LogP contribution in [-0.4, -0.2) is 33.8 Å². The van der Waals surface area contributed by atoms with E-state index in [1.807, 2.05) is 6.07 Å². The molecule has 3 N–H and O–H groups in total. The second-order valence-corrected chi connectivity index (χ2v) is 3.48. The summed E-state index contributed by atoms with van der Waals surface area (Å²) in [5.74, 6) is 0.545. The molecule has 1 atom stereocenters. The average molecular weight is 276 g/mol. The highest BCUT2D eigenvalue weighted by atomic mass is 35.5. The Morgan fingerprint density at radius 1 is 1.22 bits per heavy atom. The Labute approximate surface area is 113 Å². The van der Waals surface area contributed by atoms with Crippen LogP contribution in [0.4, 0.5) is 0 Å². The molecule has 0 bridgehead atoms. The van der Waals surface area contributed by atoms with E-state index in [0.29, 0.717) is 18.0 Å². The van der Waals surface area contributed by atoms with E-state index in [9.17, 15) is 4.79 Å². The quantitative estimate of drug-likeness (QED) is 0.590. The van der Waals surface area contributed by atoms with E-state index in [-0.39, 0.29) is 24.3 Å². The number of halogens is 1. The van der Waals surface area contributed by atoms with Gasteiger partial charge in [0, 0.05) is 0 Å². The van der Waals surface area contributed by atoms with Gasteiger partial charge in [-0.15, -0.1) is 0 Å². The average Bonchev–Trinajstić information content (AvgIpc) is 2.38. The zero-order valence-electron chi connectivity index (χ0n) is 10.7. The van der Waals surface area contributed by atoms with Crippen LogP contribution in [0, 0.1) is 0 Å². The molecule has 1 aromatic rings. The maximum absolute atomic E-state index is 11.6. The van der Waals surface area contributed by atoms with Crippen molar-refractivity contribution in [2.24, 2.45) is 0 Å². The molecule has 0 heterocycles. The highest BCUT2D eigenvalue weighted by Crippen LogP contribution is 2.30. The monoisotopic (exact) mass is 275 g/mol. The summed E-state index contributed by atoms with van der Waals surface area (Å²) >= 11 is 0. The molecule has 0 aliphatic carbocycles. The molecule has 1 rings (SSSR count). The van der Waals surface area contributed by atoms with Gasteiger partial charge in [-0.25, -0.2) is 0 Å². The Balaban J connectivity index is 0.00000289. The highest BCUT2D eigenvalue weighted by Gasteiger charge is 2.23. The second-order valence-electron chi connectivity index (χ2n) is 3.48. The van der Waals surface area contributed by atoms with Crippen LogP contribution in [-0.2, 0) is 9.53 Å². The van der Waals surface area contributed by atoms with E-state index in [1.165, 1.54) is 7.11 Å². The van der Waals surface area contributed by atoms with Crippen molar-refractivity contribution in [1.29, 1.82) is 0 Å². The zero-order chi connectivity index (χ0) is 12.8. The van der Waals surface area contributed by atoms with E-state index < -0.39 is 0 Å². The van der Waals surface area contributed by atoms with Crippen LogP contribution in [0.2, 0.25) is 0 Å². The molecule has 5 nitrogen and oxygen atoms in total. The third-order valence-electron chi connectivity index (χ3n) is 2.58. The maximum atomic E-state index is 11.6. The number of rotatable bonds is 5. The van der Waals surface area contributed by atoms with Gasteiger partial charge in [-0.3, -0.25) is 4.79 Å². The molecule has 0 spiro atoms. The molecule has 1 unspecified atom stereocenters. The Hall–Kier alpha value is -1.46. The van der Waals surface area contributed by atoms with Crippen molar-refractivity contribution in [3.8, 4) is 11.5 Å². The summed E-state index contributed by atoms with van der Waals surface area (Å²) in [7, 11) is 4.49. The van der Waals surface area contributed by atoms with E-state index in [0.717, 1.165) is 5.56 Å². The molecule has 1 aromatic carbocycles. The Morgan fingerprint density at radius 3 is 2.28 bits per heavy atom. The fourth-order valence-corrected chi connectivity index (χ4v) is 1.63. The van der Waals surface area contributed by atoms with Crippen molar-refractivity contribution in [2.75, 3.05) is 27.9 Å². The Morgan fingerprint density at radius 2 is 1.83 bits per heavy atom. The molecule has 0 fully saturated rings. The lowest BCUT2D eigenvalue weighted by Gasteiger charge is -2.14. The first kappa shape index (κ1) is 16.5. The molecule has 102 valence electrons. The summed E-state index contributed by atoms with van der Waals surface area (Å²) in [6.45, 7) is 0.433. The Bertz CT molecular complexity index is 398. The normalized spacial score (nSPS) is 11.1. The van der Waals surface area contributed by atoms with Crippen LogP contribution in [0.15, 0.2) is 18.2 Å². The number of benzene rings is 1. The van der Waals surface area contributed by atoms with Crippen molar-refractivity contribution < 1.29 is 37.1 Å². The van der Waals surface area contributed by atoms with Gasteiger partial charge in [0.05, 0.1) is 27.9 Å².